The molecule has 0 fully saturated rings. The number of nitrogens with two attached hydrogens (primary N) is 1. The molecule has 0 aromatic heterocycles. The molecule has 16 heteroatoms. The molecule has 2 aromatic carbocycles. The van der Waals surface area contributed by atoms with Crippen LogP contribution in [0.4, 0.5) is 26.7 Å². The van der Waals surface area contributed by atoms with Gasteiger partial charge < -0.3 is 36.3 Å². The average Bonchev–Trinajstić information content (AvgIpc) is 2.99. The SMILES string of the molecule is COc1ccc(C(NC(=O)[C@@H](N)Cc2ccc(CNC(=O)OC(C)(C)C)cc2)N[C@@H](C(C)C)C(O)C(F)(F)C(=O)NCC(F)(F)F)cc1. The van der Waals surface area contributed by atoms with Gasteiger partial charge in [0.2, 0.25) is 5.91 Å². The van der Waals surface area contributed by atoms with Crippen LogP contribution >= 0.6 is 0 Å². The lowest BCUT2D eigenvalue weighted by molar-refractivity contribution is -0.174. The normalized spacial score (nSPS) is 14.8. The molecule has 0 saturated carbocycles. The second-order valence-corrected chi connectivity index (χ2v) is 12.5. The van der Waals surface area contributed by atoms with Gasteiger partial charge in [-0.25, -0.2) is 4.79 Å². The van der Waals surface area contributed by atoms with Gasteiger partial charge in [0.25, 0.3) is 5.91 Å². The van der Waals surface area contributed by atoms with Gasteiger partial charge in [0, 0.05) is 12.6 Å². The van der Waals surface area contributed by atoms with Crippen LogP contribution in [0.3, 0.4) is 0 Å². The quantitative estimate of drug-likeness (QED) is 0.122. The number of alkyl carbamates (subject to hydrolysis) is 1. The third kappa shape index (κ3) is 12.9. The molecule has 0 aliphatic rings. The van der Waals surface area contributed by atoms with Crippen molar-refractivity contribution >= 4 is 17.9 Å². The zero-order valence-electron chi connectivity index (χ0n) is 27.6. The molecule has 268 valence electrons. The van der Waals surface area contributed by atoms with Crippen LogP contribution in [-0.4, -0.2) is 72.6 Å². The fraction of sp³-hybridized carbons (Fsp3) is 0.531. The second-order valence-electron chi connectivity index (χ2n) is 12.5. The summed E-state index contributed by atoms with van der Waals surface area (Å²) >= 11 is 0. The van der Waals surface area contributed by atoms with Crippen molar-refractivity contribution in [1.82, 2.24) is 21.3 Å². The van der Waals surface area contributed by atoms with Gasteiger partial charge in [-0.05, 0) is 61.9 Å². The van der Waals surface area contributed by atoms with E-state index in [1.165, 1.54) is 45.2 Å². The second kappa shape index (κ2) is 16.9. The van der Waals surface area contributed by atoms with Gasteiger partial charge in [-0.2, -0.15) is 22.0 Å². The maximum Gasteiger partial charge on any atom is 0.407 e. The Morgan fingerprint density at radius 2 is 1.46 bits per heavy atom. The van der Waals surface area contributed by atoms with Crippen molar-refractivity contribution in [3.8, 4) is 5.75 Å². The predicted molar refractivity (Wildman–Crippen MR) is 167 cm³/mol. The number of methoxy groups -OCH3 is 1. The molecule has 0 heterocycles. The minimum atomic E-state index is -4.95. The number of carbonyl (C=O) groups is 3. The molecule has 2 rings (SSSR count). The molecule has 0 aliphatic heterocycles. The fourth-order valence-corrected chi connectivity index (χ4v) is 4.39. The number of aliphatic hydroxyl groups is 1. The summed E-state index contributed by atoms with van der Waals surface area (Å²) in [7, 11) is 1.42. The highest BCUT2D eigenvalue weighted by molar-refractivity contribution is 5.84. The number of nitrogens with one attached hydrogen (secondary N) is 4. The number of alkyl halides is 5. The topological polar surface area (TPSA) is 164 Å². The number of ether oxygens (including phenoxy) is 2. The molecule has 0 radical (unpaired) electrons. The standard InChI is InChI=1S/C32H44F5N5O6/c1-18(2)24(25(43)32(36,37)28(45)40-17-31(33,34)35)41-26(21-11-13-22(47-6)14-12-21)42-27(44)23(38)15-19-7-9-20(10-8-19)16-39-29(46)48-30(3,4)5/h7-14,18,23-26,41,43H,15-17,38H2,1-6H3,(H,39,46)(H,40,45)(H,42,44)/t23-,24-,25?,26?/m0/s1. The third-order valence-corrected chi connectivity index (χ3v) is 6.93. The molecule has 0 saturated heterocycles. The Bertz CT molecular complexity index is 1350. The zero-order valence-corrected chi connectivity index (χ0v) is 27.6. The van der Waals surface area contributed by atoms with Gasteiger partial charge in [0.05, 0.1) is 13.2 Å². The lowest BCUT2D eigenvalue weighted by Gasteiger charge is -2.35. The molecule has 4 atom stereocenters. The van der Waals surface area contributed by atoms with Crippen molar-refractivity contribution in [2.75, 3.05) is 13.7 Å². The van der Waals surface area contributed by atoms with E-state index in [2.05, 4.69) is 16.0 Å². The van der Waals surface area contributed by atoms with Gasteiger partial charge in [0.15, 0.2) is 0 Å². The summed E-state index contributed by atoms with van der Waals surface area (Å²) in [6.45, 7) is 6.30. The third-order valence-electron chi connectivity index (χ3n) is 6.93. The lowest BCUT2D eigenvalue weighted by Crippen LogP contribution is -2.61. The molecule has 11 nitrogen and oxygen atoms in total. The van der Waals surface area contributed by atoms with E-state index >= 15 is 0 Å². The van der Waals surface area contributed by atoms with Crippen LogP contribution in [0, 0.1) is 5.92 Å². The van der Waals surface area contributed by atoms with Gasteiger partial charge in [-0.15, -0.1) is 0 Å². The molecule has 2 aromatic rings. The van der Waals surface area contributed by atoms with Gasteiger partial charge in [0.1, 0.15) is 30.2 Å². The van der Waals surface area contributed by atoms with Gasteiger partial charge in [-0.3, -0.25) is 14.9 Å². The molecule has 7 N–H and O–H groups in total. The Morgan fingerprint density at radius 1 is 0.896 bits per heavy atom. The highest BCUT2D eigenvalue weighted by Crippen LogP contribution is 2.28. The van der Waals surface area contributed by atoms with E-state index in [1.807, 2.05) is 0 Å². The minimum Gasteiger partial charge on any atom is -0.497 e. The summed E-state index contributed by atoms with van der Waals surface area (Å²) in [6, 6.07) is 10.3. The first kappa shape index (κ1) is 40.2. The van der Waals surface area contributed by atoms with Crippen LogP contribution in [-0.2, 0) is 27.3 Å². The summed E-state index contributed by atoms with van der Waals surface area (Å²) in [5.74, 6) is -8.01. The number of aliphatic hydroxyl groups excluding tert-OH is 1. The lowest BCUT2D eigenvalue weighted by atomic mass is 9.92. The first-order valence-corrected chi connectivity index (χ1v) is 15.0. The highest BCUT2D eigenvalue weighted by atomic mass is 19.4. The van der Waals surface area contributed by atoms with Crippen molar-refractivity contribution in [3.63, 3.8) is 0 Å². The van der Waals surface area contributed by atoms with Crippen molar-refractivity contribution in [2.24, 2.45) is 11.7 Å². The summed E-state index contributed by atoms with van der Waals surface area (Å²) in [4.78, 5) is 37.2. The van der Waals surface area contributed by atoms with Crippen molar-refractivity contribution in [3.05, 3.63) is 65.2 Å². The number of hydrogen-bond acceptors (Lipinski definition) is 8. The molecule has 3 amide bonds. The summed E-state index contributed by atoms with van der Waals surface area (Å²) < 4.78 is 77.9. The van der Waals surface area contributed by atoms with E-state index in [9.17, 15) is 41.4 Å². The average molecular weight is 690 g/mol. The van der Waals surface area contributed by atoms with E-state index in [0.29, 0.717) is 16.9 Å². The first-order chi connectivity index (χ1) is 22.1. The number of rotatable bonds is 15. The summed E-state index contributed by atoms with van der Waals surface area (Å²) in [5.41, 5.74) is 7.31. The van der Waals surface area contributed by atoms with E-state index in [-0.39, 0.29) is 13.0 Å². The maximum atomic E-state index is 14.9. The number of benzene rings is 2. The monoisotopic (exact) mass is 689 g/mol. The smallest absolute Gasteiger partial charge is 0.407 e. The van der Waals surface area contributed by atoms with Crippen LogP contribution in [0.2, 0.25) is 0 Å². The molecular weight excluding hydrogens is 645 g/mol. The maximum absolute atomic E-state index is 14.9. The Hall–Kier alpha value is -4.02. The number of amides is 3. The van der Waals surface area contributed by atoms with E-state index in [4.69, 9.17) is 15.2 Å². The van der Waals surface area contributed by atoms with Crippen LogP contribution in [0.15, 0.2) is 48.5 Å². The van der Waals surface area contributed by atoms with Crippen LogP contribution in [0.25, 0.3) is 0 Å². The molecular formula is C32H44F5N5O6. The van der Waals surface area contributed by atoms with Gasteiger partial charge >= 0.3 is 18.2 Å². The summed E-state index contributed by atoms with van der Waals surface area (Å²) in [6.07, 6.45) is -9.50. The van der Waals surface area contributed by atoms with E-state index in [1.54, 1.807) is 45.0 Å². The van der Waals surface area contributed by atoms with Crippen LogP contribution < -0.4 is 31.7 Å². The summed E-state index contributed by atoms with van der Waals surface area (Å²) in [5, 5.41) is 19.7. The van der Waals surface area contributed by atoms with E-state index < -0.39 is 72.4 Å². The Balaban J connectivity index is 2.20. The molecule has 0 aliphatic carbocycles. The van der Waals surface area contributed by atoms with Crippen LogP contribution in [0.1, 0.15) is 57.5 Å². The number of carbonyl (C=O) groups excluding carboxylic acids is 3. The van der Waals surface area contributed by atoms with Crippen molar-refractivity contribution in [2.45, 2.75) is 89.6 Å². The van der Waals surface area contributed by atoms with Crippen molar-refractivity contribution in [1.29, 1.82) is 0 Å². The zero-order chi connectivity index (χ0) is 36.4. The number of hydrogen-bond donors (Lipinski definition) is 6. The Labute approximate surface area is 276 Å². The van der Waals surface area contributed by atoms with Crippen molar-refractivity contribution < 1.29 is 50.9 Å². The Morgan fingerprint density at radius 3 is 1.96 bits per heavy atom. The first-order valence-electron chi connectivity index (χ1n) is 15.0. The van der Waals surface area contributed by atoms with E-state index in [0.717, 1.165) is 10.9 Å². The minimum absolute atomic E-state index is 0.0641. The Kier molecular flexibility index (Phi) is 14.1. The van der Waals surface area contributed by atoms with Gasteiger partial charge in [-0.1, -0.05) is 50.2 Å². The van der Waals surface area contributed by atoms with Crippen LogP contribution in [0.5, 0.6) is 5.75 Å². The number of halogens is 5. The largest absolute Gasteiger partial charge is 0.497 e. The highest BCUT2D eigenvalue weighted by Gasteiger charge is 2.51. The predicted octanol–water partition coefficient (Wildman–Crippen LogP) is 3.69. The molecule has 48 heavy (non-hydrogen) atoms. The fourth-order valence-electron chi connectivity index (χ4n) is 4.39. The molecule has 0 bridgehead atoms. The molecule has 0 spiro atoms. The molecule has 2 unspecified atom stereocenters.